The molecule has 4 aliphatic rings. The fourth-order valence-corrected chi connectivity index (χ4v) is 11.3. The molecule has 0 spiro atoms. The second-order valence-corrected chi connectivity index (χ2v) is 19.9. The van der Waals surface area contributed by atoms with Crippen LogP contribution in [0, 0.1) is 35.1 Å². The van der Waals surface area contributed by atoms with E-state index >= 15 is 17.6 Å². The second-order valence-electron chi connectivity index (χ2n) is 19.9. The summed E-state index contributed by atoms with van der Waals surface area (Å²) in [6.45, 7) is 9.14. The summed E-state index contributed by atoms with van der Waals surface area (Å²) in [5.74, 6) is -2.98. The van der Waals surface area contributed by atoms with Crippen LogP contribution in [-0.4, -0.2) is 106 Å². The van der Waals surface area contributed by atoms with Gasteiger partial charge in [-0.05, 0) is 93.9 Å². The number of aromatic amines is 2. The molecular formula is C51H62F4N10O6. The number of likely N-dealkylation sites (tertiary alicyclic amines) is 2. The van der Waals surface area contributed by atoms with Crippen molar-refractivity contribution in [2.45, 2.75) is 122 Å². The molecule has 4 amide bonds. The maximum absolute atomic E-state index is 16.8. The Labute approximate surface area is 409 Å². The molecule has 4 N–H and O–H groups in total. The van der Waals surface area contributed by atoms with E-state index < -0.39 is 71.7 Å². The monoisotopic (exact) mass is 986 g/mol. The van der Waals surface area contributed by atoms with Gasteiger partial charge in [0.25, 0.3) is 0 Å². The first-order valence-electron chi connectivity index (χ1n) is 24.8. The van der Waals surface area contributed by atoms with E-state index in [1.807, 2.05) is 27.7 Å². The number of fused-ring (bicyclic) bond motifs is 2. The third-order valence-corrected chi connectivity index (χ3v) is 14.8. The van der Waals surface area contributed by atoms with Gasteiger partial charge in [-0.1, -0.05) is 27.7 Å². The van der Waals surface area contributed by atoms with Crippen LogP contribution in [0.3, 0.4) is 0 Å². The number of nitrogens with one attached hydrogen (secondary N) is 4. The highest BCUT2D eigenvalue weighted by Crippen LogP contribution is 2.50. The standard InChI is InChI=1S/C51H62F4N10O6/c1-26(2)43(60-50(68)70-5)48(66)63-18-10-12-41(63)46-56-35-22-29(31(52)24-37(35)58-46)39-14-15-40(65(39)28-20-33(54)45(34(55)21-28)62-16-8-7-9-17-62)30-23-36-38(25-32(30)53)59-47(57-36)42-13-11-19-64(42)49(67)44(27(3)4)61-51(69)71-6/h20-27,39-44H,7-19H2,1-6H3,(H,56,58)(H,57,59)(H,60,68)(H,61,69)/t39-,40+,41-,42-,43-,44-/m0/s1. The lowest BCUT2D eigenvalue weighted by atomic mass is 10.0. The minimum absolute atomic E-state index is 0.114. The number of carbonyl (C=O) groups excluding carboxylic acids is 4. The third kappa shape index (κ3) is 9.53. The summed E-state index contributed by atoms with van der Waals surface area (Å²) >= 11 is 0. The third-order valence-electron chi connectivity index (χ3n) is 14.8. The molecule has 5 aromatic rings. The molecule has 3 aromatic carbocycles. The van der Waals surface area contributed by atoms with Gasteiger partial charge in [-0.2, -0.15) is 0 Å². The van der Waals surface area contributed by atoms with Crippen molar-refractivity contribution in [1.82, 2.24) is 40.4 Å². The zero-order chi connectivity index (χ0) is 50.4. The van der Waals surface area contributed by atoms with Crippen molar-refractivity contribution in [3.05, 3.63) is 82.4 Å². The number of alkyl carbamates (subject to hydrolysis) is 2. The fraction of sp³-hybridized carbons (Fsp3) is 0.529. The lowest BCUT2D eigenvalue weighted by Gasteiger charge is -2.35. The Morgan fingerprint density at radius 1 is 0.577 bits per heavy atom. The van der Waals surface area contributed by atoms with Crippen LogP contribution in [0.5, 0.6) is 0 Å². The molecule has 20 heteroatoms. The number of ether oxygens (including phenoxy) is 2. The largest absolute Gasteiger partial charge is 0.453 e. The molecule has 0 saturated carbocycles. The Balaban J connectivity index is 1.07. The number of carbonyl (C=O) groups is 4. The van der Waals surface area contributed by atoms with Gasteiger partial charge in [-0.25, -0.2) is 37.1 Å². The zero-order valence-electron chi connectivity index (χ0n) is 40.9. The second kappa shape index (κ2) is 20.3. The number of hydrogen-bond donors (Lipinski definition) is 4. The Kier molecular flexibility index (Phi) is 14.1. The average molecular weight is 987 g/mol. The lowest BCUT2D eigenvalue weighted by Crippen LogP contribution is -2.51. The molecule has 4 saturated heterocycles. The van der Waals surface area contributed by atoms with Crippen molar-refractivity contribution >= 4 is 57.4 Å². The summed E-state index contributed by atoms with van der Waals surface area (Å²) in [6.07, 6.45) is 4.17. The molecule has 0 radical (unpaired) electrons. The van der Waals surface area contributed by atoms with E-state index in [1.54, 1.807) is 31.7 Å². The van der Waals surface area contributed by atoms with E-state index in [4.69, 9.17) is 19.4 Å². The summed E-state index contributed by atoms with van der Waals surface area (Å²) in [7, 11) is 2.46. The first kappa shape index (κ1) is 49.4. The van der Waals surface area contributed by atoms with E-state index in [9.17, 15) is 19.2 Å². The number of H-pyrrole nitrogens is 2. The molecule has 4 aliphatic heterocycles. The summed E-state index contributed by atoms with van der Waals surface area (Å²) < 4.78 is 76.0. The molecule has 380 valence electrons. The molecule has 71 heavy (non-hydrogen) atoms. The highest BCUT2D eigenvalue weighted by atomic mass is 19.1. The molecule has 6 heterocycles. The number of nitrogens with zero attached hydrogens (tertiary/aromatic N) is 6. The first-order chi connectivity index (χ1) is 34.1. The molecule has 0 bridgehead atoms. The summed E-state index contributed by atoms with van der Waals surface area (Å²) in [5, 5.41) is 5.30. The molecule has 6 atom stereocenters. The highest BCUT2D eigenvalue weighted by Gasteiger charge is 2.42. The van der Waals surface area contributed by atoms with Gasteiger partial charge < -0.3 is 49.7 Å². The predicted octanol–water partition coefficient (Wildman–Crippen LogP) is 9.16. The minimum Gasteiger partial charge on any atom is -0.453 e. The predicted molar refractivity (Wildman–Crippen MR) is 257 cm³/mol. The normalized spacial score (nSPS) is 21.5. The van der Waals surface area contributed by atoms with Crippen molar-refractivity contribution < 1.29 is 46.2 Å². The van der Waals surface area contributed by atoms with E-state index in [2.05, 4.69) is 20.6 Å². The number of aromatic nitrogens is 4. The number of halogens is 4. The number of rotatable bonds is 12. The van der Waals surface area contributed by atoms with Crippen molar-refractivity contribution in [3.63, 3.8) is 0 Å². The maximum atomic E-state index is 16.8. The number of amides is 4. The van der Waals surface area contributed by atoms with Gasteiger partial charge in [0.15, 0.2) is 11.6 Å². The SMILES string of the molecule is COC(=O)N[C@H](C(=O)N1CCC[C@H]1c1nc2cc(F)c([C@H]3CC[C@@H](c4cc5[nH]c([C@@H]6CCCN6C(=O)[C@@H](NC(=O)OC)C(C)C)nc5cc4F)N3c3cc(F)c(N4CCCCC4)c(F)c3)cc2[nH]1)C(C)C. The Bertz CT molecular complexity index is 2660. The number of imidazole rings is 2. The molecule has 4 fully saturated rings. The van der Waals surface area contributed by atoms with Crippen molar-refractivity contribution in [3.8, 4) is 0 Å². The number of benzene rings is 3. The molecule has 0 unspecified atom stereocenters. The number of methoxy groups -OCH3 is 2. The van der Waals surface area contributed by atoms with Gasteiger partial charge in [-0.3, -0.25) is 9.59 Å². The van der Waals surface area contributed by atoms with E-state index in [-0.39, 0.29) is 59.0 Å². The summed E-state index contributed by atoms with van der Waals surface area (Å²) in [4.78, 5) is 75.1. The Morgan fingerprint density at radius 2 is 1.01 bits per heavy atom. The van der Waals surface area contributed by atoms with Crippen LogP contribution in [0.4, 0.5) is 38.5 Å². The lowest BCUT2D eigenvalue weighted by molar-refractivity contribution is -0.136. The van der Waals surface area contributed by atoms with E-state index in [1.165, 1.54) is 38.5 Å². The molecule has 9 rings (SSSR count). The molecule has 0 aliphatic carbocycles. The van der Waals surface area contributed by atoms with Crippen molar-refractivity contribution in [2.75, 3.05) is 50.2 Å². The molecule has 16 nitrogen and oxygen atoms in total. The summed E-state index contributed by atoms with van der Waals surface area (Å²) in [6, 6.07) is 4.05. The molecule has 2 aromatic heterocycles. The fourth-order valence-electron chi connectivity index (χ4n) is 11.3. The van der Waals surface area contributed by atoms with Crippen LogP contribution in [0.15, 0.2) is 36.4 Å². The number of piperidine rings is 1. The van der Waals surface area contributed by atoms with Crippen molar-refractivity contribution in [1.29, 1.82) is 0 Å². The van der Waals surface area contributed by atoms with Gasteiger partial charge in [-0.15, -0.1) is 0 Å². The smallest absolute Gasteiger partial charge is 0.407 e. The minimum atomic E-state index is -0.851. The Hall–Kier alpha value is -6.60. The van der Waals surface area contributed by atoms with E-state index in [0.717, 1.165) is 19.3 Å². The van der Waals surface area contributed by atoms with Crippen LogP contribution in [-0.2, 0) is 19.1 Å². The number of hydrogen-bond acceptors (Lipinski definition) is 10. The van der Waals surface area contributed by atoms with Crippen LogP contribution in [0.25, 0.3) is 22.1 Å². The van der Waals surface area contributed by atoms with Gasteiger partial charge in [0.05, 0.1) is 60.5 Å². The highest BCUT2D eigenvalue weighted by molar-refractivity contribution is 5.88. The van der Waals surface area contributed by atoms with E-state index in [0.29, 0.717) is 85.6 Å². The maximum Gasteiger partial charge on any atom is 0.407 e. The van der Waals surface area contributed by atoms with Crippen LogP contribution in [0.1, 0.15) is 132 Å². The van der Waals surface area contributed by atoms with Crippen LogP contribution >= 0.6 is 0 Å². The van der Waals surface area contributed by atoms with Crippen molar-refractivity contribution in [2.24, 2.45) is 11.8 Å². The van der Waals surface area contributed by atoms with Crippen LogP contribution in [0.2, 0.25) is 0 Å². The van der Waals surface area contributed by atoms with Crippen LogP contribution < -0.4 is 20.4 Å². The van der Waals surface area contributed by atoms with Gasteiger partial charge >= 0.3 is 12.2 Å². The number of anilines is 2. The van der Waals surface area contributed by atoms with Gasteiger partial charge in [0, 0.05) is 55.1 Å². The Morgan fingerprint density at radius 3 is 1.42 bits per heavy atom. The summed E-state index contributed by atoms with van der Waals surface area (Å²) in [5.41, 5.74) is 1.97. The first-order valence-corrected chi connectivity index (χ1v) is 24.8. The zero-order valence-corrected chi connectivity index (χ0v) is 40.9. The topological polar surface area (TPSA) is 181 Å². The quantitative estimate of drug-likeness (QED) is 0.0881. The molecular weight excluding hydrogens is 925 g/mol. The average Bonchev–Trinajstić information content (AvgIpc) is 4.21. The van der Waals surface area contributed by atoms with Gasteiger partial charge in [0.2, 0.25) is 11.8 Å². The van der Waals surface area contributed by atoms with Gasteiger partial charge in [0.1, 0.15) is 41.1 Å².